The first-order valence-electron chi connectivity index (χ1n) is 6.48. The first-order chi connectivity index (χ1) is 9.24. The molecule has 0 saturated carbocycles. The number of methoxy groups -OCH3 is 1. The van der Waals surface area contributed by atoms with Crippen molar-refractivity contribution >= 4 is 11.6 Å². The van der Waals surface area contributed by atoms with Crippen molar-refractivity contribution in [1.82, 2.24) is 15.2 Å². The Kier molecular flexibility index (Phi) is 8.00. The van der Waals surface area contributed by atoms with Crippen LogP contribution in [0.25, 0.3) is 0 Å². The summed E-state index contributed by atoms with van der Waals surface area (Å²) in [6.45, 7) is 4.67. The molecule has 0 radical (unpaired) electrons. The van der Waals surface area contributed by atoms with E-state index < -0.39 is 0 Å². The number of hydrogen-bond donors (Lipinski definition) is 2. The molecule has 0 aliphatic carbocycles. The second-order valence-corrected chi connectivity index (χ2v) is 4.56. The van der Waals surface area contributed by atoms with Crippen molar-refractivity contribution in [3.63, 3.8) is 0 Å². The molecule has 1 heterocycles. The number of hydrogen-bond acceptors (Lipinski definition) is 5. The SMILES string of the molecule is CCOCCCC(NN)c1c(Cl)cnn1CCOC. The van der Waals surface area contributed by atoms with Crippen LogP contribution < -0.4 is 11.3 Å². The number of ether oxygens (including phenoxy) is 2. The Morgan fingerprint density at radius 3 is 2.95 bits per heavy atom. The van der Waals surface area contributed by atoms with Gasteiger partial charge in [0.1, 0.15) is 0 Å². The summed E-state index contributed by atoms with van der Waals surface area (Å²) in [5.41, 5.74) is 3.70. The summed E-state index contributed by atoms with van der Waals surface area (Å²) in [6, 6.07) is -0.0349. The van der Waals surface area contributed by atoms with Crippen LogP contribution in [0.4, 0.5) is 0 Å². The molecule has 110 valence electrons. The summed E-state index contributed by atoms with van der Waals surface area (Å²) in [6.07, 6.45) is 3.39. The molecule has 0 amide bonds. The molecular weight excluding hydrogens is 268 g/mol. The maximum atomic E-state index is 6.19. The Morgan fingerprint density at radius 2 is 2.32 bits per heavy atom. The van der Waals surface area contributed by atoms with Crippen molar-refractivity contribution in [2.45, 2.75) is 32.4 Å². The van der Waals surface area contributed by atoms with Gasteiger partial charge >= 0.3 is 0 Å². The lowest BCUT2D eigenvalue weighted by atomic mass is 10.1. The fraction of sp³-hybridized carbons (Fsp3) is 0.750. The number of nitrogens with zero attached hydrogens (tertiary/aromatic N) is 2. The number of rotatable bonds is 10. The average molecular weight is 291 g/mol. The summed E-state index contributed by atoms with van der Waals surface area (Å²) in [5.74, 6) is 5.62. The molecule has 3 N–H and O–H groups in total. The van der Waals surface area contributed by atoms with Gasteiger partial charge in [-0.3, -0.25) is 16.0 Å². The summed E-state index contributed by atoms with van der Waals surface area (Å²) < 4.78 is 12.2. The van der Waals surface area contributed by atoms with Gasteiger partial charge in [0.15, 0.2) is 0 Å². The van der Waals surface area contributed by atoms with Gasteiger partial charge in [-0.05, 0) is 19.8 Å². The minimum absolute atomic E-state index is 0.0349. The molecule has 1 aromatic heterocycles. The van der Waals surface area contributed by atoms with Gasteiger partial charge < -0.3 is 9.47 Å². The van der Waals surface area contributed by atoms with Crippen molar-refractivity contribution in [3.05, 3.63) is 16.9 Å². The van der Waals surface area contributed by atoms with Crippen LogP contribution in [0.5, 0.6) is 0 Å². The lowest BCUT2D eigenvalue weighted by molar-refractivity contribution is 0.140. The second-order valence-electron chi connectivity index (χ2n) is 4.15. The molecule has 0 aromatic carbocycles. The Morgan fingerprint density at radius 1 is 1.53 bits per heavy atom. The molecule has 19 heavy (non-hydrogen) atoms. The number of aromatic nitrogens is 2. The fourth-order valence-electron chi connectivity index (χ4n) is 1.91. The van der Waals surface area contributed by atoms with Crippen LogP contribution in [-0.2, 0) is 16.0 Å². The van der Waals surface area contributed by atoms with Crippen LogP contribution in [-0.4, -0.2) is 36.7 Å². The fourth-order valence-corrected chi connectivity index (χ4v) is 2.18. The number of halogens is 1. The zero-order valence-electron chi connectivity index (χ0n) is 11.6. The van der Waals surface area contributed by atoms with E-state index in [1.54, 1.807) is 13.3 Å². The highest BCUT2D eigenvalue weighted by molar-refractivity contribution is 6.31. The predicted octanol–water partition coefficient (Wildman–Crippen LogP) is 1.50. The highest BCUT2D eigenvalue weighted by Crippen LogP contribution is 2.25. The maximum absolute atomic E-state index is 6.19. The minimum atomic E-state index is -0.0349. The van der Waals surface area contributed by atoms with Gasteiger partial charge in [-0.25, -0.2) is 0 Å². The van der Waals surface area contributed by atoms with E-state index in [9.17, 15) is 0 Å². The van der Waals surface area contributed by atoms with Crippen LogP contribution in [0.1, 0.15) is 31.5 Å². The highest BCUT2D eigenvalue weighted by Gasteiger charge is 2.19. The quantitative estimate of drug-likeness (QED) is 0.388. The third-order valence-corrected chi connectivity index (χ3v) is 3.15. The Balaban J connectivity index is 2.65. The smallest absolute Gasteiger partial charge is 0.0834 e. The van der Waals surface area contributed by atoms with Gasteiger partial charge in [-0.2, -0.15) is 5.10 Å². The van der Waals surface area contributed by atoms with Crippen molar-refractivity contribution in [3.8, 4) is 0 Å². The molecule has 0 aliphatic heterocycles. The summed E-state index contributed by atoms with van der Waals surface area (Å²) in [5, 5.41) is 4.87. The van der Waals surface area contributed by atoms with Gasteiger partial charge in [0.05, 0.1) is 36.1 Å². The topological polar surface area (TPSA) is 74.3 Å². The minimum Gasteiger partial charge on any atom is -0.383 e. The average Bonchev–Trinajstić information content (AvgIpc) is 2.78. The van der Waals surface area contributed by atoms with Crippen LogP contribution >= 0.6 is 11.6 Å². The van der Waals surface area contributed by atoms with Crippen molar-refractivity contribution in [2.75, 3.05) is 26.9 Å². The molecule has 1 atom stereocenters. The predicted molar refractivity (Wildman–Crippen MR) is 74.9 cm³/mol. The summed E-state index contributed by atoms with van der Waals surface area (Å²) >= 11 is 6.19. The van der Waals surface area contributed by atoms with Gasteiger partial charge in [-0.15, -0.1) is 0 Å². The van der Waals surface area contributed by atoms with Crippen LogP contribution in [0.2, 0.25) is 5.02 Å². The Labute approximate surface area is 119 Å². The van der Waals surface area contributed by atoms with Gasteiger partial charge in [-0.1, -0.05) is 11.6 Å². The first kappa shape index (κ1) is 16.4. The van der Waals surface area contributed by atoms with E-state index in [0.717, 1.165) is 31.7 Å². The Bertz CT molecular complexity index is 359. The zero-order valence-corrected chi connectivity index (χ0v) is 12.3. The van der Waals surface area contributed by atoms with Gasteiger partial charge in [0.2, 0.25) is 0 Å². The molecule has 6 nitrogen and oxygen atoms in total. The number of nitrogens with two attached hydrogens (primary N) is 1. The van der Waals surface area contributed by atoms with E-state index in [4.69, 9.17) is 26.9 Å². The van der Waals surface area contributed by atoms with Crippen LogP contribution in [0.3, 0.4) is 0 Å². The summed E-state index contributed by atoms with van der Waals surface area (Å²) in [4.78, 5) is 0. The molecule has 7 heteroatoms. The monoisotopic (exact) mass is 290 g/mol. The third-order valence-electron chi connectivity index (χ3n) is 2.86. The van der Waals surface area contributed by atoms with E-state index in [1.807, 2.05) is 11.6 Å². The second kappa shape index (κ2) is 9.28. The van der Waals surface area contributed by atoms with Gasteiger partial charge in [0, 0.05) is 20.3 Å². The van der Waals surface area contributed by atoms with Crippen LogP contribution in [0, 0.1) is 0 Å². The van der Waals surface area contributed by atoms with E-state index in [2.05, 4.69) is 10.5 Å². The molecule has 0 aliphatic rings. The molecule has 0 bridgehead atoms. The summed E-state index contributed by atoms with van der Waals surface area (Å²) in [7, 11) is 1.66. The highest BCUT2D eigenvalue weighted by atomic mass is 35.5. The van der Waals surface area contributed by atoms with E-state index in [1.165, 1.54) is 0 Å². The van der Waals surface area contributed by atoms with Crippen molar-refractivity contribution in [1.29, 1.82) is 0 Å². The van der Waals surface area contributed by atoms with Gasteiger partial charge in [0.25, 0.3) is 0 Å². The normalized spacial score (nSPS) is 12.8. The molecule has 1 aromatic rings. The molecular formula is C12H23ClN4O2. The molecule has 0 spiro atoms. The maximum Gasteiger partial charge on any atom is 0.0834 e. The van der Waals surface area contributed by atoms with E-state index in [0.29, 0.717) is 18.2 Å². The standard InChI is InChI=1S/C12H23ClN4O2/c1-3-19-7-4-5-11(16-14)12-10(13)9-15-17(12)6-8-18-2/h9,11,16H,3-8,14H2,1-2H3. The molecule has 0 saturated heterocycles. The van der Waals surface area contributed by atoms with Crippen molar-refractivity contribution in [2.24, 2.45) is 5.84 Å². The zero-order chi connectivity index (χ0) is 14.1. The van der Waals surface area contributed by atoms with E-state index >= 15 is 0 Å². The third kappa shape index (κ3) is 5.08. The number of hydrazine groups is 1. The molecule has 1 rings (SSSR count). The Hall–Kier alpha value is -0.660. The largest absolute Gasteiger partial charge is 0.383 e. The van der Waals surface area contributed by atoms with Crippen molar-refractivity contribution < 1.29 is 9.47 Å². The lowest BCUT2D eigenvalue weighted by Gasteiger charge is -2.18. The lowest BCUT2D eigenvalue weighted by Crippen LogP contribution is -2.30. The van der Waals surface area contributed by atoms with Crippen LogP contribution in [0.15, 0.2) is 6.20 Å². The van der Waals surface area contributed by atoms with E-state index in [-0.39, 0.29) is 6.04 Å². The molecule has 1 unspecified atom stereocenters. The number of nitrogens with one attached hydrogen (secondary N) is 1. The first-order valence-corrected chi connectivity index (χ1v) is 6.86. The molecule has 0 fully saturated rings.